The minimum atomic E-state index is -0.341. The smallest absolute Gasteiger partial charge is 0.319 e. The predicted octanol–water partition coefficient (Wildman–Crippen LogP) is 5.26. The largest absolute Gasteiger partial charge is 0.467 e. The minimum Gasteiger partial charge on any atom is -0.467 e. The van der Waals surface area contributed by atoms with Gasteiger partial charge in [-0.25, -0.2) is 4.79 Å². The quantitative estimate of drug-likeness (QED) is 0.391. The molecule has 0 bridgehead atoms. The Labute approximate surface area is 186 Å². The van der Waals surface area contributed by atoms with Crippen LogP contribution in [0.4, 0.5) is 16.2 Å². The first kappa shape index (κ1) is 21.0. The van der Waals surface area contributed by atoms with Gasteiger partial charge in [0, 0.05) is 34.0 Å². The van der Waals surface area contributed by atoms with Crippen LogP contribution in [0.5, 0.6) is 0 Å². The van der Waals surface area contributed by atoms with Gasteiger partial charge in [-0.05, 0) is 86.6 Å². The van der Waals surface area contributed by atoms with Crippen molar-refractivity contribution in [2.75, 3.05) is 10.6 Å². The molecule has 0 unspecified atom stereocenters. The highest BCUT2D eigenvalue weighted by atomic mass is 16.3. The van der Waals surface area contributed by atoms with Crippen molar-refractivity contribution in [1.82, 2.24) is 9.88 Å². The van der Waals surface area contributed by atoms with Gasteiger partial charge in [-0.15, -0.1) is 0 Å². The summed E-state index contributed by atoms with van der Waals surface area (Å²) in [5, 5.41) is 8.32. The Kier molecular flexibility index (Phi) is 6.07. The predicted molar refractivity (Wildman–Crippen MR) is 124 cm³/mol. The highest BCUT2D eigenvalue weighted by Gasteiger charge is 2.09. The summed E-state index contributed by atoms with van der Waals surface area (Å²) in [5.41, 5.74) is 5.11. The van der Waals surface area contributed by atoms with E-state index >= 15 is 0 Å². The molecule has 0 aliphatic heterocycles. The van der Waals surface area contributed by atoms with E-state index in [0.29, 0.717) is 29.2 Å². The number of aryl methyl sites for hydroxylation is 2. The molecule has 0 saturated carbocycles. The van der Waals surface area contributed by atoms with Crippen molar-refractivity contribution in [2.24, 2.45) is 0 Å². The number of amides is 3. The lowest BCUT2D eigenvalue weighted by Crippen LogP contribution is -2.27. The average Bonchev–Trinajstić information content (AvgIpc) is 3.43. The molecule has 7 heteroatoms. The van der Waals surface area contributed by atoms with Crippen LogP contribution in [0.15, 0.2) is 83.5 Å². The van der Waals surface area contributed by atoms with E-state index in [1.165, 1.54) is 0 Å². The minimum absolute atomic E-state index is 0.200. The van der Waals surface area contributed by atoms with E-state index in [4.69, 9.17) is 4.42 Å². The zero-order valence-electron chi connectivity index (χ0n) is 17.9. The van der Waals surface area contributed by atoms with Crippen molar-refractivity contribution in [2.45, 2.75) is 20.4 Å². The normalized spacial score (nSPS) is 10.6. The highest BCUT2D eigenvalue weighted by Crippen LogP contribution is 2.18. The first-order chi connectivity index (χ1) is 15.5. The molecule has 4 rings (SSSR count). The van der Waals surface area contributed by atoms with Crippen molar-refractivity contribution in [1.29, 1.82) is 0 Å². The van der Waals surface area contributed by atoms with Gasteiger partial charge in [0.1, 0.15) is 5.76 Å². The Morgan fingerprint density at radius 2 is 1.44 bits per heavy atom. The number of carbonyl (C=O) groups is 2. The van der Waals surface area contributed by atoms with Crippen molar-refractivity contribution in [3.05, 3.63) is 102 Å². The van der Waals surface area contributed by atoms with Crippen LogP contribution in [-0.2, 0) is 6.54 Å². The maximum absolute atomic E-state index is 12.6. The van der Waals surface area contributed by atoms with Gasteiger partial charge in [0.25, 0.3) is 5.91 Å². The lowest BCUT2D eigenvalue weighted by molar-refractivity contribution is 0.102. The van der Waals surface area contributed by atoms with Gasteiger partial charge in [0.15, 0.2) is 0 Å². The summed E-state index contributed by atoms with van der Waals surface area (Å²) in [6.07, 6.45) is 1.56. The van der Waals surface area contributed by atoms with Gasteiger partial charge in [0.05, 0.1) is 12.8 Å². The maximum atomic E-state index is 12.6. The van der Waals surface area contributed by atoms with Crippen molar-refractivity contribution in [3.63, 3.8) is 0 Å². The summed E-state index contributed by atoms with van der Waals surface area (Å²) in [6, 6.07) is 21.8. The second-order valence-electron chi connectivity index (χ2n) is 7.42. The summed E-state index contributed by atoms with van der Waals surface area (Å²) in [5.74, 6) is 0.472. The molecular formula is C25H24N4O3. The second-order valence-corrected chi connectivity index (χ2v) is 7.42. The molecular weight excluding hydrogens is 404 g/mol. The number of furan rings is 1. The van der Waals surface area contributed by atoms with E-state index in [9.17, 15) is 9.59 Å². The number of rotatable bonds is 6. The lowest BCUT2D eigenvalue weighted by atomic mass is 10.1. The van der Waals surface area contributed by atoms with Crippen LogP contribution < -0.4 is 16.0 Å². The number of carbonyl (C=O) groups excluding carboxylic acids is 2. The zero-order valence-corrected chi connectivity index (χ0v) is 17.9. The number of benzene rings is 2. The number of anilines is 2. The van der Waals surface area contributed by atoms with Crippen LogP contribution in [-0.4, -0.2) is 16.5 Å². The summed E-state index contributed by atoms with van der Waals surface area (Å²) in [6.45, 7) is 4.40. The lowest BCUT2D eigenvalue weighted by Gasteiger charge is -2.11. The van der Waals surface area contributed by atoms with Gasteiger partial charge in [-0.1, -0.05) is 0 Å². The number of nitrogens with one attached hydrogen (secondary N) is 3. The molecule has 0 radical (unpaired) electrons. The number of nitrogens with zero attached hydrogens (tertiary/aromatic N) is 1. The number of urea groups is 1. The molecule has 0 fully saturated rings. The van der Waals surface area contributed by atoms with Crippen LogP contribution in [0.1, 0.15) is 27.5 Å². The van der Waals surface area contributed by atoms with Crippen LogP contribution in [0.25, 0.3) is 5.69 Å². The molecule has 3 amide bonds. The molecule has 3 N–H and O–H groups in total. The number of hydrogen-bond donors (Lipinski definition) is 3. The van der Waals surface area contributed by atoms with Crippen molar-refractivity contribution < 1.29 is 14.0 Å². The molecule has 4 aromatic rings. The van der Waals surface area contributed by atoms with E-state index in [1.807, 2.05) is 24.3 Å². The fourth-order valence-electron chi connectivity index (χ4n) is 3.43. The van der Waals surface area contributed by atoms with Gasteiger partial charge in [-0.2, -0.15) is 0 Å². The van der Waals surface area contributed by atoms with Gasteiger partial charge >= 0.3 is 6.03 Å². The molecule has 0 saturated heterocycles. The molecule has 2 aromatic heterocycles. The Bertz CT molecular complexity index is 1190. The van der Waals surface area contributed by atoms with Gasteiger partial charge < -0.3 is 24.9 Å². The molecule has 7 nitrogen and oxygen atoms in total. The fraction of sp³-hybridized carbons (Fsp3) is 0.120. The first-order valence-electron chi connectivity index (χ1n) is 10.2. The molecule has 0 aliphatic rings. The van der Waals surface area contributed by atoms with Crippen LogP contribution >= 0.6 is 0 Å². The molecule has 0 atom stereocenters. The van der Waals surface area contributed by atoms with E-state index < -0.39 is 0 Å². The summed E-state index contributed by atoms with van der Waals surface area (Å²) in [4.78, 5) is 24.6. The third kappa shape index (κ3) is 4.89. The molecule has 162 valence electrons. The van der Waals surface area contributed by atoms with Crippen LogP contribution in [0, 0.1) is 13.8 Å². The Hall–Kier alpha value is -4.26. The number of aromatic nitrogens is 1. The van der Waals surface area contributed by atoms with Gasteiger partial charge in [-0.3, -0.25) is 4.79 Å². The SMILES string of the molecule is Cc1ccc(C)n1-c1ccc(C(=O)Nc2ccc(NC(=O)NCc3ccco3)cc2)cc1. The van der Waals surface area contributed by atoms with E-state index in [2.05, 4.69) is 46.5 Å². The molecule has 0 aliphatic carbocycles. The zero-order chi connectivity index (χ0) is 22.5. The van der Waals surface area contributed by atoms with E-state index in [0.717, 1.165) is 17.1 Å². The Morgan fingerprint density at radius 3 is 2.03 bits per heavy atom. The average molecular weight is 428 g/mol. The second kappa shape index (κ2) is 9.26. The van der Waals surface area contributed by atoms with Crippen LogP contribution in [0.2, 0.25) is 0 Å². The molecule has 2 heterocycles. The third-order valence-electron chi connectivity index (χ3n) is 5.06. The maximum Gasteiger partial charge on any atom is 0.319 e. The van der Waals surface area contributed by atoms with E-state index in [-0.39, 0.29) is 11.9 Å². The number of hydrogen-bond acceptors (Lipinski definition) is 3. The summed E-state index contributed by atoms with van der Waals surface area (Å²) in [7, 11) is 0. The van der Waals surface area contributed by atoms with Crippen LogP contribution in [0.3, 0.4) is 0 Å². The van der Waals surface area contributed by atoms with Gasteiger partial charge in [0.2, 0.25) is 0 Å². The monoisotopic (exact) mass is 428 g/mol. The molecule has 32 heavy (non-hydrogen) atoms. The highest BCUT2D eigenvalue weighted by molar-refractivity contribution is 6.04. The topological polar surface area (TPSA) is 88.3 Å². The summed E-state index contributed by atoms with van der Waals surface area (Å²) >= 11 is 0. The Balaban J connectivity index is 1.33. The Morgan fingerprint density at radius 1 is 0.812 bits per heavy atom. The van der Waals surface area contributed by atoms with Crippen molar-refractivity contribution in [3.8, 4) is 5.69 Å². The standard InChI is InChI=1S/C25H24N4O3/c1-17-5-6-18(2)29(17)22-13-7-19(8-14-22)24(30)27-20-9-11-21(12-10-20)28-25(31)26-16-23-4-3-15-32-23/h3-15H,16H2,1-2H3,(H,27,30)(H2,26,28,31). The third-order valence-corrected chi connectivity index (χ3v) is 5.06. The first-order valence-corrected chi connectivity index (χ1v) is 10.2. The molecule has 2 aromatic carbocycles. The fourth-order valence-corrected chi connectivity index (χ4v) is 3.43. The molecule has 0 spiro atoms. The summed E-state index contributed by atoms with van der Waals surface area (Å²) < 4.78 is 7.31. The van der Waals surface area contributed by atoms with Crippen molar-refractivity contribution >= 4 is 23.3 Å². The van der Waals surface area contributed by atoms with E-state index in [1.54, 1.807) is 42.7 Å².